The van der Waals surface area contributed by atoms with Crippen molar-refractivity contribution in [2.45, 2.75) is 45.1 Å². The minimum atomic E-state index is -4.26. The maximum absolute atomic E-state index is 12.5. The Morgan fingerprint density at radius 3 is 2.52 bits per heavy atom. The highest BCUT2D eigenvalue weighted by atomic mass is 35.5. The van der Waals surface area contributed by atoms with Crippen molar-refractivity contribution < 1.29 is 27.4 Å². The number of carbonyl (C=O) groups is 1. The van der Waals surface area contributed by atoms with E-state index in [1.54, 1.807) is 20.8 Å². The Kier molecular flexibility index (Phi) is 4.83. The van der Waals surface area contributed by atoms with Crippen LogP contribution >= 0.6 is 11.6 Å². The van der Waals surface area contributed by atoms with Gasteiger partial charge in [-0.25, -0.2) is 14.5 Å². The van der Waals surface area contributed by atoms with Crippen LogP contribution in [0.4, 0.5) is 13.2 Å². The Labute approximate surface area is 158 Å². The highest BCUT2D eigenvalue weighted by molar-refractivity contribution is 6.32. The van der Waals surface area contributed by atoms with Crippen molar-refractivity contribution in [3.05, 3.63) is 35.1 Å². The molecule has 10 heteroatoms. The molecule has 146 valence electrons. The lowest BCUT2D eigenvalue weighted by Gasteiger charge is -2.19. The summed E-state index contributed by atoms with van der Waals surface area (Å²) < 4.78 is 49.4. The van der Waals surface area contributed by atoms with Gasteiger partial charge in [0.2, 0.25) is 5.88 Å². The molecule has 1 aliphatic carbocycles. The van der Waals surface area contributed by atoms with Gasteiger partial charge in [0.25, 0.3) is 0 Å². The third-order valence-electron chi connectivity index (χ3n) is 3.68. The van der Waals surface area contributed by atoms with Crippen LogP contribution in [0.15, 0.2) is 24.4 Å². The number of carbonyl (C=O) groups excluding carboxylic acids is 1. The van der Waals surface area contributed by atoms with Gasteiger partial charge in [0, 0.05) is 12.3 Å². The van der Waals surface area contributed by atoms with Crippen molar-refractivity contribution >= 4 is 17.6 Å². The molecule has 1 fully saturated rings. The van der Waals surface area contributed by atoms with Crippen LogP contribution in [0, 0.1) is 5.92 Å². The van der Waals surface area contributed by atoms with Crippen LogP contribution in [0.3, 0.4) is 0 Å². The second-order valence-electron chi connectivity index (χ2n) is 7.15. The maximum Gasteiger partial charge on any atom is 0.395 e. The average molecular weight is 404 g/mol. The molecule has 0 amide bonds. The van der Waals surface area contributed by atoms with Gasteiger partial charge in [-0.3, -0.25) is 0 Å². The van der Waals surface area contributed by atoms with E-state index in [1.807, 2.05) is 0 Å². The lowest BCUT2D eigenvalue weighted by Crippen LogP contribution is -2.24. The van der Waals surface area contributed by atoms with Crippen LogP contribution in [-0.2, 0) is 4.74 Å². The largest absolute Gasteiger partial charge is 0.473 e. The van der Waals surface area contributed by atoms with Gasteiger partial charge >= 0.3 is 12.1 Å². The van der Waals surface area contributed by atoms with E-state index in [9.17, 15) is 18.0 Å². The lowest BCUT2D eigenvalue weighted by atomic mass is 10.2. The lowest BCUT2D eigenvalue weighted by molar-refractivity contribution is -0.153. The molecule has 0 radical (unpaired) electrons. The van der Waals surface area contributed by atoms with Gasteiger partial charge < -0.3 is 9.47 Å². The van der Waals surface area contributed by atoms with Crippen molar-refractivity contribution in [3.8, 4) is 11.7 Å². The zero-order chi connectivity index (χ0) is 20.0. The standard InChI is InChI=1S/C17H17ClF3N3O3/c1-16(2,3)27-15(25)9-4-5-12(22-14(9)18)24-7-6-13(23-24)26-11-8-10(11)17(19,20)21/h4-7,10-11H,8H2,1-3H3/t10-,11?/m1/s1. The summed E-state index contributed by atoms with van der Waals surface area (Å²) in [7, 11) is 0. The van der Waals surface area contributed by atoms with E-state index >= 15 is 0 Å². The Morgan fingerprint density at radius 2 is 1.96 bits per heavy atom. The summed E-state index contributed by atoms with van der Waals surface area (Å²) in [5.74, 6) is -1.72. The van der Waals surface area contributed by atoms with E-state index in [2.05, 4.69) is 10.1 Å². The molecular weight excluding hydrogens is 387 g/mol. The molecule has 0 saturated heterocycles. The van der Waals surface area contributed by atoms with E-state index in [0.717, 1.165) is 0 Å². The zero-order valence-corrected chi connectivity index (χ0v) is 15.5. The molecule has 27 heavy (non-hydrogen) atoms. The molecule has 2 aromatic heterocycles. The normalized spacial score (nSPS) is 19.7. The van der Waals surface area contributed by atoms with Crippen LogP contribution in [0.5, 0.6) is 5.88 Å². The number of ether oxygens (including phenoxy) is 2. The van der Waals surface area contributed by atoms with Crippen molar-refractivity contribution in [3.63, 3.8) is 0 Å². The Bertz CT molecular complexity index is 861. The monoisotopic (exact) mass is 403 g/mol. The SMILES string of the molecule is CC(C)(C)OC(=O)c1ccc(-n2ccc(OC3C[C@H]3C(F)(F)F)n2)nc1Cl. The predicted molar refractivity (Wildman–Crippen MR) is 90.1 cm³/mol. The molecule has 0 spiro atoms. The first-order valence-electron chi connectivity index (χ1n) is 8.13. The number of alkyl halides is 3. The molecule has 3 rings (SSSR count). The van der Waals surface area contributed by atoms with Crippen LogP contribution in [0.25, 0.3) is 5.82 Å². The summed E-state index contributed by atoms with van der Waals surface area (Å²) in [6, 6.07) is 4.38. The van der Waals surface area contributed by atoms with Crippen LogP contribution in [0.2, 0.25) is 5.15 Å². The van der Waals surface area contributed by atoms with Gasteiger partial charge in [-0.1, -0.05) is 11.6 Å². The summed E-state index contributed by atoms with van der Waals surface area (Å²) in [6.45, 7) is 5.19. The van der Waals surface area contributed by atoms with Gasteiger partial charge in [0.1, 0.15) is 16.9 Å². The molecule has 2 atom stereocenters. The second kappa shape index (κ2) is 6.70. The summed E-state index contributed by atoms with van der Waals surface area (Å²) in [5.41, 5.74) is -0.574. The van der Waals surface area contributed by atoms with Gasteiger partial charge in [0.15, 0.2) is 5.82 Å². The fourth-order valence-electron chi connectivity index (χ4n) is 2.34. The number of hydrogen-bond acceptors (Lipinski definition) is 5. The molecule has 1 unspecified atom stereocenters. The summed E-state index contributed by atoms with van der Waals surface area (Å²) in [4.78, 5) is 16.2. The third-order valence-corrected chi connectivity index (χ3v) is 3.96. The predicted octanol–water partition coefficient (Wildman–Crippen LogP) is 4.21. The van der Waals surface area contributed by atoms with E-state index in [4.69, 9.17) is 21.1 Å². The molecule has 2 heterocycles. The van der Waals surface area contributed by atoms with Crippen molar-refractivity contribution in [1.29, 1.82) is 0 Å². The molecule has 0 N–H and O–H groups in total. The first-order valence-corrected chi connectivity index (χ1v) is 8.51. The van der Waals surface area contributed by atoms with E-state index < -0.39 is 29.8 Å². The summed E-state index contributed by atoms with van der Waals surface area (Å²) in [5, 5.41) is 3.97. The molecule has 0 bridgehead atoms. The summed E-state index contributed by atoms with van der Waals surface area (Å²) >= 11 is 6.06. The quantitative estimate of drug-likeness (QED) is 0.565. The molecular formula is C17H17ClF3N3O3. The number of rotatable bonds is 4. The fourth-order valence-corrected chi connectivity index (χ4v) is 2.56. The van der Waals surface area contributed by atoms with Crippen molar-refractivity contribution in [1.82, 2.24) is 14.8 Å². The number of nitrogens with zero attached hydrogens (tertiary/aromatic N) is 3. The van der Waals surface area contributed by atoms with E-state index in [0.29, 0.717) is 0 Å². The molecule has 0 aromatic carbocycles. The molecule has 2 aromatic rings. The first kappa shape index (κ1) is 19.5. The summed E-state index contributed by atoms with van der Waals surface area (Å²) in [6.07, 6.45) is -3.78. The second-order valence-corrected chi connectivity index (χ2v) is 7.51. The zero-order valence-electron chi connectivity index (χ0n) is 14.7. The molecule has 6 nitrogen and oxygen atoms in total. The highest BCUT2D eigenvalue weighted by Crippen LogP contribution is 2.46. The minimum Gasteiger partial charge on any atom is -0.473 e. The molecule has 1 saturated carbocycles. The maximum atomic E-state index is 12.5. The molecule has 0 aliphatic heterocycles. The van der Waals surface area contributed by atoms with E-state index in [-0.39, 0.29) is 28.8 Å². The average Bonchev–Trinajstić information content (AvgIpc) is 3.13. The van der Waals surface area contributed by atoms with Gasteiger partial charge in [-0.2, -0.15) is 13.2 Å². The number of hydrogen-bond donors (Lipinski definition) is 0. The highest BCUT2D eigenvalue weighted by Gasteiger charge is 2.57. The van der Waals surface area contributed by atoms with Gasteiger partial charge in [-0.15, -0.1) is 5.10 Å². The fraction of sp³-hybridized carbons (Fsp3) is 0.471. The minimum absolute atomic E-state index is 0.0564. The number of aromatic nitrogens is 3. The van der Waals surface area contributed by atoms with Gasteiger partial charge in [-0.05, 0) is 39.3 Å². The Morgan fingerprint density at radius 1 is 1.26 bits per heavy atom. The Balaban J connectivity index is 1.70. The number of esters is 1. The van der Waals surface area contributed by atoms with Crippen LogP contribution in [-0.4, -0.2) is 38.6 Å². The Hall–Kier alpha value is -2.29. The van der Waals surface area contributed by atoms with Gasteiger partial charge in [0.05, 0.1) is 11.5 Å². The van der Waals surface area contributed by atoms with Crippen molar-refractivity contribution in [2.24, 2.45) is 5.92 Å². The third kappa shape index (κ3) is 4.71. The van der Waals surface area contributed by atoms with Crippen LogP contribution < -0.4 is 4.74 Å². The number of halogens is 4. The van der Waals surface area contributed by atoms with E-state index in [1.165, 1.54) is 29.1 Å². The topological polar surface area (TPSA) is 66.2 Å². The molecule has 1 aliphatic rings. The number of pyridine rings is 1. The van der Waals surface area contributed by atoms with Crippen LogP contribution in [0.1, 0.15) is 37.6 Å². The first-order chi connectivity index (χ1) is 12.4. The smallest absolute Gasteiger partial charge is 0.395 e. The van der Waals surface area contributed by atoms with Crippen molar-refractivity contribution in [2.75, 3.05) is 0 Å².